The Hall–Kier alpha value is -1.14. The number of nitrogens with zero attached hydrogens (tertiary/aromatic N) is 1. The fourth-order valence-electron chi connectivity index (χ4n) is 2.99. The largest absolute Gasteiger partial charge is 0.396 e. The highest BCUT2D eigenvalue weighted by atomic mass is 16.5. The second-order valence-corrected chi connectivity index (χ2v) is 5.82. The summed E-state index contributed by atoms with van der Waals surface area (Å²) >= 11 is 0. The van der Waals surface area contributed by atoms with Crippen molar-refractivity contribution in [2.24, 2.45) is 11.8 Å². The number of aliphatic hydroxyl groups excluding tert-OH is 1. The highest BCUT2D eigenvalue weighted by Crippen LogP contribution is 2.31. The van der Waals surface area contributed by atoms with E-state index < -0.39 is 5.91 Å². The van der Waals surface area contributed by atoms with Crippen LogP contribution < -0.4 is 5.48 Å². The van der Waals surface area contributed by atoms with Gasteiger partial charge in [0.15, 0.2) is 0 Å². The first-order valence-corrected chi connectivity index (χ1v) is 7.96. The van der Waals surface area contributed by atoms with Crippen molar-refractivity contribution in [1.29, 1.82) is 0 Å². The van der Waals surface area contributed by atoms with Gasteiger partial charge in [-0.25, -0.2) is 5.48 Å². The molecule has 0 saturated carbocycles. The lowest BCUT2D eigenvalue weighted by molar-refractivity contribution is -0.137. The Labute approximate surface area is 126 Å². The maximum Gasteiger partial charge on any atom is 0.244 e. The molecule has 0 aromatic carbocycles. The summed E-state index contributed by atoms with van der Waals surface area (Å²) in [5, 5.41) is 17.4. The van der Waals surface area contributed by atoms with Crippen LogP contribution in [0.5, 0.6) is 0 Å². The molecule has 1 aliphatic heterocycles. The van der Waals surface area contributed by atoms with E-state index in [9.17, 15) is 9.59 Å². The van der Waals surface area contributed by atoms with Crippen LogP contribution in [0.25, 0.3) is 0 Å². The van der Waals surface area contributed by atoms with E-state index in [-0.39, 0.29) is 30.8 Å². The molecular formula is C15H28N2O4. The Morgan fingerprint density at radius 1 is 1.33 bits per heavy atom. The van der Waals surface area contributed by atoms with E-state index >= 15 is 0 Å². The zero-order valence-corrected chi connectivity index (χ0v) is 12.9. The molecule has 0 unspecified atom stereocenters. The van der Waals surface area contributed by atoms with E-state index in [0.717, 1.165) is 38.5 Å². The van der Waals surface area contributed by atoms with Crippen LogP contribution in [-0.4, -0.2) is 46.7 Å². The number of carbonyl (C=O) groups excluding carboxylic acids is 2. The number of nitrogens with one attached hydrogen (secondary N) is 1. The van der Waals surface area contributed by atoms with Gasteiger partial charge in [-0.1, -0.05) is 19.8 Å². The molecule has 0 spiro atoms. The van der Waals surface area contributed by atoms with E-state index in [1.165, 1.54) is 0 Å². The van der Waals surface area contributed by atoms with Gasteiger partial charge in [-0.3, -0.25) is 14.8 Å². The van der Waals surface area contributed by atoms with E-state index in [1.54, 1.807) is 5.48 Å². The van der Waals surface area contributed by atoms with Crippen molar-refractivity contribution in [1.82, 2.24) is 10.4 Å². The molecule has 3 N–H and O–H groups in total. The summed E-state index contributed by atoms with van der Waals surface area (Å²) in [6, 6.07) is 0. The van der Waals surface area contributed by atoms with Gasteiger partial charge in [0, 0.05) is 26.1 Å². The van der Waals surface area contributed by atoms with E-state index in [1.807, 2.05) is 4.90 Å². The average molecular weight is 300 g/mol. The molecule has 1 rings (SSSR count). The molecule has 2 amide bonds. The van der Waals surface area contributed by atoms with Crippen LogP contribution in [0, 0.1) is 11.8 Å². The third-order valence-electron chi connectivity index (χ3n) is 4.20. The minimum absolute atomic E-state index is 0.0312. The lowest BCUT2D eigenvalue weighted by atomic mass is 9.88. The van der Waals surface area contributed by atoms with Crippen molar-refractivity contribution >= 4 is 11.8 Å². The van der Waals surface area contributed by atoms with E-state index in [4.69, 9.17) is 10.3 Å². The maximum atomic E-state index is 12.4. The molecular weight excluding hydrogens is 272 g/mol. The predicted octanol–water partition coefficient (Wildman–Crippen LogP) is 1.31. The third-order valence-corrected chi connectivity index (χ3v) is 4.20. The highest BCUT2D eigenvalue weighted by molar-refractivity contribution is 5.87. The Bertz CT molecular complexity index is 336. The topological polar surface area (TPSA) is 89.9 Å². The smallest absolute Gasteiger partial charge is 0.244 e. The zero-order chi connectivity index (χ0) is 15.7. The number of amides is 2. The van der Waals surface area contributed by atoms with Crippen molar-refractivity contribution in [2.45, 2.75) is 51.9 Å². The summed E-state index contributed by atoms with van der Waals surface area (Å²) < 4.78 is 0. The molecule has 1 heterocycles. The lowest BCUT2D eigenvalue weighted by Gasteiger charge is -2.16. The van der Waals surface area contributed by atoms with Crippen LogP contribution in [0.4, 0.5) is 0 Å². The molecule has 1 aliphatic rings. The van der Waals surface area contributed by atoms with Crippen LogP contribution in [0.15, 0.2) is 0 Å². The van der Waals surface area contributed by atoms with Crippen LogP contribution in [0.1, 0.15) is 51.9 Å². The van der Waals surface area contributed by atoms with Crippen molar-refractivity contribution in [3.63, 3.8) is 0 Å². The van der Waals surface area contributed by atoms with Crippen molar-refractivity contribution < 1.29 is 19.9 Å². The van der Waals surface area contributed by atoms with Gasteiger partial charge in [0.1, 0.15) is 0 Å². The first-order chi connectivity index (χ1) is 10.1. The van der Waals surface area contributed by atoms with Crippen LogP contribution in [-0.2, 0) is 9.59 Å². The van der Waals surface area contributed by atoms with Gasteiger partial charge >= 0.3 is 0 Å². The van der Waals surface area contributed by atoms with Gasteiger partial charge in [0.25, 0.3) is 0 Å². The molecule has 0 aromatic rings. The van der Waals surface area contributed by atoms with E-state index in [2.05, 4.69) is 6.92 Å². The maximum absolute atomic E-state index is 12.4. The number of aliphatic hydroxyl groups is 1. The minimum Gasteiger partial charge on any atom is -0.396 e. The number of rotatable bonds is 10. The van der Waals surface area contributed by atoms with Gasteiger partial charge in [0.2, 0.25) is 11.8 Å². The fourth-order valence-corrected chi connectivity index (χ4v) is 2.99. The molecule has 0 bridgehead atoms. The Morgan fingerprint density at radius 2 is 2.10 bits per heavy atom. The van der Waals surface area contributed by atoms with Crippen LogP contribution in [0.3, 0.4) is 0 Å². The number of carbonyl (C=O) groups is 2. The standard InChI is InChI=1S/C15H28N2O4/c1-2-3-7-12-11-17(8-5-4-6-9-18)15(20)13(12)10-14(19)16-21/h12-13,18,21H,2-11H2,1H3,(H,16,19)/t12-,13-/m1/s1. The molecule has 21 heavy (non-hydrogen) atoms. The van der Waals surface area contributed by atoms with Gasteiger partial charge in [-0.15, -0.1) is 0 Å². The number of likely N-dealkylation sites (tertiary alicyclic amines) is 1. The Morgan fingerprint density at radius 3 is 2.71 bits per heavy atom. The summed E-state index contributed by atoms with van der Waals surface area (Å²) in [7, 11) is 0. The number of hydroxylamine groups is 1. The molecule has 0 aromatic heterocycles. The van der Waals surface area contributed by atoms with Gasteiger partial charge in [-0.05, 0) is 31.6 Å². The van der Waals surface area contributed by atoms with Crippen molar-refractivity contribution in [3.05, 3.63) is 0 Å². The fraction of sp³-hybridized carbons (Fsp3) is 0.867. The number of hydrogen-bond donors (Lipinski definition) is 3. The average Bonchev–Trinajstić information content (AvgIpc) is 2.78. The van der Waals surface area contributed by atoms with Gasteiger partial charge in [-0.2, -0.15) is 0 Å². The molecule has 1 saturated heterocycles. The second kappa shape index (κ2) is 9.73. The summed E-state index contributed by atoms with van der Waals surface area (Å²) in [6.45, 7) is 3.70. The normalized spacial score (nSPS) is 21.9. The molecule has 1 fully saturated rings. The molecule has 6 heteroatoms. The van der Waals surface area contributed by atoms with Crippen molar-refractivity contribution in [3.8, 4) is 0 Å². The van der Waals surface area contributed by atoms with Crippen LogP contribution in [0.2, 0.25) is 0 Å². The minimum atomic E-state index is -0.489. The summed E-state index contributed by atoms with van der Waals surface area (Å²) in [5.74, 6) is -0.560. The van der Waals surface area contributed by atoms with Crippen molar-refractivity contribution in [2.75, 3.05) is 19.7 Å². The monoisotopic (exact) mass is 300 g/mol. The quantitative estimate of drug-likeness (QED) is 0.322. The molecule has 6 nitrogen and oxygen atoms in total. The van der Waals surface area contributed by atoms with Gasteiger partial charge < -0.3 is 10.0 Å². The molecule has 0 radical (unpaired) electrons. The summed E-state index contributed by atoms with van der Waals surface area (Å²) in [5.41, 5.74) is 1.63. The second-order valence-electron chi connectivity index (χ2n) is 5.82. The number of unbranched alkanes of at least 4 members (excludes halogenated alkanes) is 3. The highest BCUT2D eigenvalue weighted by Gasteiger charge is 2.40. The molecule has 2 atom stereocenters. The van der Waals surface area contributed by atoms with Gasteiger partial charge in [0.05, 0.1) is 5.92 Å². The molecule has 0 aliphatic carbocycles. The van der Waals surface area contributed by atoms with Crippen LogP contribution >= 0.6 is 0 Å². The van der Waals surface area contributed by atoms with E-state index in [0.29, 0.717) is 13.1 Å². The first kappa shape index (κ1) is 17.9. The first-order valence-electron chi connectivity index (χ1n) is 7.96. The molecule has 122 valence electrons. The lowest BCUT2D eigenvalue weighted by Crippen LogP contribution is -2.31. The summed E-state index contributed by atoms with van der Waals surface area (Å²) in [6.07, 6.45) is 5.67. The summed E-state index contributed by atoms with van der Waals surface area (Å²) in [4.78, 5) is 25.6. The Kier molecular flexibility index (Phi) is 8.30. The SMILES string of the molecule is CCCC[C@@H]1CN(CCCCCO)C(=O)[C@@H]1CC(=O)NO. The predicted molar refractivity (Wildman–Crippen MR) is 78.6 cm³/mol. The Balaban J connectivity index is 2.55. The number of hydrogen-bond acceptors (Lipinski definition) is 4. The third kappa shape index (κ3) is 5.63. The zero-order valence-electron chi connectivity index (χ0n) is 12.9.